The van der Waals surface area contributed by atoms with Crippen LogP contribution in [0, 0.1) is 17.5 Å². The summed E-state index contributed by atoms with van der Waals surface area (Å²) in [5.41, 5.74) is 0. The zero-order valence-electron chi connectivity index (χ0n) is 11.2. The molecular weight excluding hydrogens is 293 g/mol. The summed E-state index contributed by atoms with van der Waals surface area (Å²) in [7, 11) is -4.33. The molecule has 0 aliphatic rings. The molecule has 1 rings (SSSR count). The van der Waals surface area contributed by atoms with Gasteiger partial charge in [0.25, 0.3) is 0 Å². The maximum atomic E-state index is 13.4. The minimum absolute atomic E-state index is 0.0261. The molecule has 0 saturated heterocycles. The van der Waals surface area contributed by atoms with Crippen molar-refractivity contribution in [2.75, 3.05) is 13.1 Å². The van der Waals surface area contributed by atoms with Crippen LogP contribution in [0.2, 0.25) is 0 Å². The van der Waals surface area contributed by atoms with Gasteiger partial charge in [0.05, 0.1) is 0 Å². The second-order valence-electron chi connectivity index (χ2n) is 4.56. The van der Waals surface area contributed by atoms with Gasteiger partial charge in [0.1, 0.15) is 17.5 Å². The van der Waals surface area contributed by atoms with E-state index in [2.05, 4.69) is 10.0 Å². The molecule has 0 aliphatic heterocycles. The fraction of sp³-hybridized carbons (Fsp3) is 0.500. The second kappa shape index (κ2) is 7.05. The van der Waals surface area contributed by atoms with E-state index in [9.17, 15) is 21.6 Å². The van der Waals surface area contributed by atoms with Crippen LogP contribution in [0.4, 0.5) is 13.2 Å². The predicted molar refractivity (Wildman–Crippen MR) is 69.3 cm³/mol. The van der Waals surface area contributed by atoms with E-state index in [1.165, 1.54) is 0 Å². The molecule has 2 N–H and O–H groups in total. The maximum absolute atomic E-state index is 13.4. The lowest BCUT2D eigenvalue weighted by molar-refractivity contribution is 0.492. The molecule has 0 aliphatic carbocycles. The van der Waals surface area contributed by atoms with Crippen LogP contribution in [0.5, 0.6) is 0 Å². The lowest BCUT2D eigenvalue weighted by Gasteiger charge is -2.10. The normalized spacial score (nSPS) is 12.1. The molecule has 0 heterocycles. The van der Waals surface area contributed by atoms with Gasteiger partial charge in [0, 0.05) is 24.7 Å². The molecule has 20 heavy (non-hydrogen) atoms. The Kier molecular flexibility index (Phi) is 5.97. The number of sulfonamides is 1. The Bertz CT molecular complexity index is 539. The first-order valence-electron chi connectivity index (χ1n) is 6.11. The van der Waals surface area contributed by atoms with Crippen molar-refractivity contribution < 1.29 is 21.6 Å². The highest BCUT2D eigenvalue weighted by Gasteiger charge is 2.24. The van der Waals surface area contributed by atoms with E-state index in [0.29, 0.717) is 25.1 Å². The van der Waals surface area contributed by atoms with Crippen LogP contribution in [-0.2, 0) is 10.0 Å². The van der Waals surface area contributed by atoms with E-state index >= 15 is 0 Å². The van der Waals surface area contributed by atoms with Crippen molar-refractivity contribution in [3.8, 4) is 0 Å². The summed E-state index contributed by atoms with van der Waals surface area (Å²) in [6.07, 6.45) is 0.460. The van der Waals surface area contributed by atoms with Gasteiger partial charge in [-0.1, -0.05) is 13.8 Å². The highest BCUT2D eigenvalue weighted by molar-refractivity contribution is 7.89. The van der Waals surface area contributed by atoms with Crippen LogP contribution in [-0.4, -0.2) is 27.5 Å². The van der Waals surface area contributed by atoms with E-state index < -0.39 is 32.4 Å². The monoisotopic (exact) mass is 310 g/mol. The quantitative estimate of drug-likeness (QED) is 0.755. The molecule has 1 aromatic rings. The van der Waals surface area contributed by atoms with Crippen molar-refractivity contribution in [1.82, 2.24) is 10.0 Å². The highest BCUT2D eigenvalue weighted by atomic mass is 32.2. The van der Waals surface area contributed by atoms with Gasteiger partial charge in [-0.15, -0.1) is 0 Å². The second-order valence-corrected chi connectivity index (χ2v) is 6.26. The molecule has 8 heteroatoms. The fourth-order valence-corrected chi connectivity index (χ4v) is 2.73. The van der Waals surface area contributed by atoms with Crippen molar-refractivity contribution in [3.63, 3.8) is 0 Å². The van der Waals surface area contributed by atoms with Crippen molar-refractivity contribution in [2.24, 2.45) is 0 Å². The van der Waals surface area contributed by atoms with Gasteiger partial charge >= 0.3 is 0 Å². The Morgan fingerprint density at radius 1 is 1.10 bits per heavy atom. The van der Waals surface area contributed by atoms with Crippen LogP contribution in [0.15, 0.2) is 17.0 Å². The van der Waals surface area contributed by atoms with Gasteiger partial charge in [0.2, 0.25) is 10.0 Å². The number of halogens is 3. The Morgan fingerprint density at radius 2 is 1.65 bits per heavy atom. The van der Waals surface area contributed by atoms with Gasteiger partial charge in [-0.3, -0.25) is 0 Å². The topological polar surface area (TPSA) is 58.2 Å². The number of rotatable bonds is 7. The molecule has 0 unspecified atom stereocenters. The molecule has 0 amide bonds. The maximum Gasteiger partial charge on any atom is 0.246 e. The minimum atomic E-state index is -4.33. The summed E-state index contributed by atoms with van der Waals surface area (Å²) in [4.78, 5) is -1.16. The standard InChI is InChI=1S/C12H17F3N2O2S/c1-8(2)16-4-3-5-17-20(18,19)12-10(14)6-9(13)7-11(12)15/h6-8,16-17H,3-5H2,1-2H3. The van der Waals surface area contributed by atoms with Gasteiger partial charge in [-0.05, 0) is 13.0 Å². The molecular formula is C12H17F3N2O2S. The summed E-state index contributed by atoms with van der Waals surface area (Å²) < 4.78 is 65.1. The molecule has 114 valence electrons. The van der Waals surface area contributed by atoms with Crippen LogP contribution in [0.3, 0.4) is 0 Å². The Morgan fingerprint density at radius 3 is 2.15 bits per heavy atom. The Hall–Kier alpha value is -1.12. The fourth-order valence-electron chi connectivity index (χ4n) is 1.54. The summed E-state index contributed by atoms with van der Waals surface area (Å²) in [5, 5.41) is 3.07. The molecule has 0 atom stereocenters. The summed E-state index contributed by atoms with van der Waals surface area (Å²) in [5.74, 6) is -4.06. The summed E-state index contributed by atoms with van der Waals surface area (Å²) in [6, 6.07) is 0.925. The van der Waals surface area contributed by atoms with Crippen molar-refractivity contribution in [2.45, 2.75) is 31.2 Å². The zero-order valence-corrected chi connectivity index (χ0v) is 12.0. The molecule has 0 bridgehead atoms. The van der Waals surface area contributed by atoms with Crippen molar-refractivity contribution >= 4 is 10.0 Å². The smallest absolute Gasteiger partial charge is 0.246 e. The van der Waals surface area contributed by atoms with Gasteiger partial charge in [0.15, 0.2) is 4.90 Å². The van der Waals surface area contributed by atoms with E-state index in [4.69, 9.17) is 0 Å². The third-order valence-electron chi connectivity index (χ3n) is 2.43. The van der Waals surface area contributed by atoms with E-state index in [1.807, 2.05) is 13.8 Å². The minimum Gasteiger partial charge on any atom is -0.314 e. The van der Waals surface area contributed by atoms with Crippen molar-refractivity contribution in [3.05, 3.63) is 29.6 Å². The van der Waals surface area contributed by atoms with E-state index in [-0.39, 0.29) is 12.6 Å². The van der Waals surface area contributed by atoms with Crippen LogP contribution in [0.1, 0.15) is 20.3 Å². The zero-order chi connectivity index (χ0) is 15.3. The summed E-state index contributed by atoms with van der Waals surface area (Å²) in [6.45, 7) is 4.47. The number of nitrogens with one attached hydrogen (secondary N) is 2. The Labute approximate surface area is 116 Å². The first-order chi connectivity index (χ1) is 9.24. The predicted octanol–water partition coefficient (Wildman–Crippen LogP) is 1.77. The van der Waals surface area contributed by atoms with Crippen LogP contribution < -0.4 is 10.0 Å². The molecule has 0 radical (unpaired) electrons. The largest absolute Gasteiger partial charge is 0.314 e. The van der Waals surface area contributed by atoms with Crippen LogP contribution in [0.25, 0.3) is 0 Å². The molecule has 1 aromatic carbocycles. The average molecular weight is 310 g/mol. The SMILES string of the molecule is CC(C)NCCCNS(=O)(=O)c1c(F)cc(F)cc1F. The third-order valence-corrected chi connectivity index (χ3v) is 3.94. The molecule has 0 saturated carbocycles. The Balaban J connectivity index is 2.70. The number of hydrogen-bond acceptors (Lipinski definition) is 3. The molecule has 0 fully saturated rings. The first-order valence-corrected chi connectivity index (χ1v) is 7.60. The van der Waals surface area contributed by atoms with Gasteiger partial charge < -0.3 is 5.32 Å². The summed E-state index contributed by atoms with van der Waals surface area (Å²) >= 11 is 0. The van der Waals surface area contributed by atoms with Gasteiger partial charge in [-0.25, -0.2) is 26.3 Å². The van der Waals surface area contributed by atoms with E-state index in [1.54, 1.807) is 0 Å². The molecule has 4 nitrogen and oxygen atoms in total. The molecule has 0 aromatic heterocycles. The highest BCUT2D eigenvalue weighted by Crippen LogP contribution is 2.19. The number of benzene rings is 1. The lowest BCUT2D eigenvalue weighted by atomic mass is 10.3. The van der Waals surface area contributed by atoms with Crippen LogP contribution >= 0.6 is 0 Å². The number of hydrogen-bond donors (Lipinski definition) is 2. The third kappa shape index (κ3) is 4.77. The first kappa shape index (κ1) is 16.9. The van der Waals surface area contributed by atoms with Gasteiger partial charge in [-0.2, -0.15) is 0 Å². The van der Waals surface area contributed by atoms with Crippen molar-refractivity contribution in [1.29, 1.82) is 0 Å². The lowest BCUT2D eigenvalue weighted by Crippen LogP contribution is -2.30. The average Bonchev–Trinajstić information content (AvgIpc) is 2.25. The van der Waals surface area contributed by atoms with E-state index in [0.717, 1.165) is 0 Å². The molecule has 0 spiro atoms.